The minimum absolute atomic E-state index is 0. The fourth-order valence-corrected chi connectivity index (χ4v) is 8.24. The van der Waals surface area contributed by atoms with Crippen molar-refractivity contribution in [3.8, 4) is 0 Å². The molecule has 14 atom stereocenters. The maximum Gasteiger partial charge on any atom is 0.319 e. The summed E-state index contributed by atoms with van der Waals surface area (Å²) in [5, 5.41) is 62.2. The number of carbonyl (C=O) groups is 1. The van der Waals surface area contributed by atoms with Crippen molar-refractivity contribution in [2.75, 3.05) is 66.1 Å². The number of hydrogen-bond acceptors (Lipinski definition) is 20. The average molecular weight is 1170 g/mol. The van der Waals surface area contributed by atoms with Gasteiger partial charge in [-0.15, -0.1) is 0 Å². The van der Waals surface area contributed by atoms with E-state index in [0.29, 0.717) is 51.6 Å². The summed E-state index contributed by atoms with van der Waals surface area (Å²) in [6.45, 7) is 6.06. The van der Waals surface area contributed by atoms with E-state index in [1.165, 1.54) is 6.92 Å². The Hall–Kier alpha value is 2.83. The molecule has 27 heteroatoms. The Labute approximate surface area is 436 Å². The van der Waals surface area contributed by atoms with E-state index in [4.69, 9.17) is 46.1 Å². The number of carbonyl (C=O) groups excluding carboxylic acids is 1. The number of aliphatic hydroxyl groups is 6. The van der Waals surface area contributed by atoms with Crippen molar-refractivity contribution >= 4 is 30.7 Å². The van der Waals surface area contributed by atoms with Crippen LogP contribution in [0.4, 0.5) is 0 Å². The molecule has 1 aliphatic heterocycles. The molecule has 0 aromatic carbocycles. The second-order valence-electron chi connectivity index (χ2n) is 14.4. The molecule has 1 heterocycles. The second kappa shape index (κ2) is 38.7. The largest absolute Gasteiger partial charge is 0.396 e. The molecule has 2 aliphatic rings. The number of ether oxygens (including phenoxy) is 4. The first-order valence-corrected chi connectivity index (χ1v) is 23.5. The molecule has 1 saturated heterocycles. The molecule has 0 aromatic heterocycles. The topological polar surface area (TPSA) is 294 Å². The summed E-state index contributed by atoms with van der Waals surface area (Å²) in [7, 11) is -9.09. The van der Waals surface area contributed by atoms with Gasteiger partial charge in [-0.05, 0) is 58.8 Å². The molecule has 61 heavy (non-hydrogen) atoms. The Bertz CT molecular complexity index is 1210. The van der Waals surface area contributed by atoms with Gasteiger partial charge in [-0.1, -0.05) is 6.92 Å². The maximum atomic E-state index is 12.5. The van der Waals surface area contributed by atoms with Gasteiger partial charge >= 0.3 is 24.8 Å². The summed E-state index contributed by atoms with van der Waals surface area (Å²) < 4.78 is 91.5. The third kappa shape index (κ3) is 27.6. The molecule has 0 spiro atoms. The van der Waals surface area contributed by atoms with Gasteiger partial charge in [-0.25, -0.2) is 0 Å². The molecule has 0 bridgehead atoms. The molecule has 2 fully saturated rings. The Kier molecular flexibility index (Phi) is 41.8. The first kappa shape index (κ1) is 65.9. The summed E-state index contributed by atoms with van der Waals surface area (Å²) in [4.78, 5) is 11.6. The zero-order valence-electron chi connectivity index (χ0n) is 35.6. The quantitative estimate of drug-likeness (QED) is 0.0367. The minimum atomic E-state index is -3.07. The van der Waals surface area contributed by atoms with Gasteiger partial charge in [0.25, 0.3) is 0 Å². The van der Waals surface area contributed by atoms with Crippen LogP contribution in [-0.4, -0.2) is 164 Å². The monoisotopic (exact) mass is 1170 g/mol. The van der Waals surface area contributed by atoms with Crippen LogP contribution < -0.4 is 5.32 Å². The van der Waals surface area contributed by atoms with Crippen LogP contribution in [0.3, 0.4) is 0 Å². The summed E-state index contributed by atoms with van der Waals surface area (Å²) >= 11 is 0. The van der Waals surface area contributed by atoms with Crippen LogP contribution in [0.15, 0.2) is 0 Å². The summed E-state index contributed by atoms with van der Waals surface area (Å²) in [5.41, 5.74) is 0. The van der Waals surface area contributed by atoms with Gasteiger partial charge in [0.15, 0.2) is 6.29 Å². The van der Waals surface area contributed by atoms with Crippen LogP contribution in [-0.2, 0) is 163 Å². The summed E-state index contributed by atoms with van der Waals surface area (Å²) in [6, 6.07) is -1.05. The smallest absolute Gasteiger partial charge is 0.319 e. The van der Waals surface area contributed by atoms with E-state index in [1.807, 2.05) is 13.8 Å². The summed E-state index contributed by atoms with van der Waals surface area (Å²) in [6.07, 6.45) is -4.58. The van der Waals surface area contributed by atoms with Gasteiger partial charge < -0.3 is 82.0 Å². The molecule has 14 unspecified atom stereocenters. The molecular formula is C34H68NO20P3Y3. The van der Waals surface area contributed by atoms with E-state index in [1.54, 1.807) is 6.92 Å². The first-order valence-electron chi connectivity index (χ1n) is 19.8. The number of hydrogen-bond donors (Lipinski definition) is 7. The van der Waals surface area contributed by atoms with Gasteiger partial charge in [0.05, 0.1) is 70.7 Å². The number of nitrogens with one attached hydrogen (secondary N) is 1. The third-order valence-corrected chi connectivity index (χ3v) is 12.1. The standard InChI is InChI=1S/C34H68NO20P3.3Y/c1-22(2)46-15-16-51-58(45)55-26(20-52-56(43)49-13-9-5-7-11-47-27-17-25(18-36)31(40)30(39)23(27)3)21-53-57(44)50-14-10-6-8-12-48-34-29(35-24(4)38)33(42)32(41)28(19-37)54-34;;;/h22-23,25-34,36-37,39-42,56-58H,5-21H2,1-4H3,(H,35,38);;;. The van der Waals surface area contributed by atoms with Crippen molar-refractivity contribution in [3.05, 3.63) is 0 Å². The molecule has 2 rings (SSSR count). The molecule has 1 saturated carbocycles. The van der Waals surface area contributed by atoms with Crippen molar-refractivity contribution in [2.24, 2.45) is 11.8 Å². The van der Waals surface area contributed by atoms with E-state index in [0.717, 1.165) is 0 Å². The van der Waals surface area contributed by atoms with Gasteiger partial charge in [0.2, 0.25) is 5.91 Å². The zero-order chi connectivity index (χ0) is 43.0. The predicted octanol–water partition coefficient (Wildman–Crippen LogP) is 1.10. The fourth-order valence-electron chi connectivity index (χ4n) is 6.08. The van der Waals surface area contributed by atoms with Crippen molar-refractivity contribution in [1.82, 2.24) is 5.32 Å². The number of amides is 1. The molecule has 0 aromatic rings. The fraction of sp³-hybridized carbons (Fsp3) is 0.971. The molecule has 1 aliphatic carbocycles. The number of unbranched alkanes of at least 4 members (excludes halogenated alkanes) is 4. The van der Waals surface area contributed by atoms with Crippen LogP contribution >= 0.6 is 24.8 Å². The van der Waals surface area contributed by atoms with Crippen LogP contribution in [0, 0.1) is 11.8 Å². The molecule has 21 nitrogen and oxygen atoms in total. The molecular weight excluding hydrogens is 1100 g/mol. The first-order chi connectivity index (χ1) is 27.7. The summed E-state index contributed by atoms with van der Waals surface area (Å²) in [5.74, 6) is -1.19. The Balaban J connectivity index is 0. The van der Waals surface area contributed by atoms with Gasteiger partial charge in [-0.3, -0.25) is 18.5 Å². The van der Waals surface area contributed by atoms with Crippen LogP contribution in [0.2, 0.25) is 0 Å². The van der Waals surface area contributed by atoms with E-state index in [2.05, 4.69) is 5.32 Å². The van der Waals surface area contributed by atoms with Crippen molar-refractivity contribution in [1.29, 1.82) is 0 Å². The third-order valence-electron chi connectivity index (χ3n) is 9.40. The average Bonchev–Trinajstić information content (AvgIpc) is 3.18. The van der Waals surface area contributed by atoms with Gasteiger partial charge in [0.1, 0.15) is 30.5 Å². The molecule has 353 valence electrons. The van der Waals surface area contributed by atoms with Crippen molar-refractivity contribution in [3.63, 3.8) is 0 Å². The zero-order valence-corrected chi connectivity index (χ0v) is 47.1. The minimum Gasteiger partial charge on any atom is -0.396 e. The Morgan fingerprint density at radius 2 is 1.23 bits per heavy atom. The Morgan fingerprint density at radius 1 is 0.689 bits per heavy atom. The second-order valence-corrected chi connectivity index (χ2v) is 17.6. The van der Waals surface area contributed by atoms with Crippen LogP contribution in [0.25, 0.3) is 0 Å². The molecule has 1 amide bonds. The van der Waals surface area contributed by atoms with Gasteiger partial charge in [-0.2, -0.15) is 0 Å². The van der Waals surface area contributed by atoms with Crippen molar-refractivity contribution in [2.45, 2.75) is 134 Å². The number of aliphatic hydroxyl groups excluding tert-OH is 6. The Morgan fingerprint density at radius 3 is 1.75 bits per heavy atom. The van der Waals surface area contributed by atoms with Crippen molar-refractivity contribution < 1.29 is 193 Å². The maximum absolute atomic E-state index is 12.5. The number of rotatable bonds is 32. The van der Waals surface area contributed by atoms with E-state index < -0.39 is 92.2 Å². The van der Waals surface area contributed by atoms with Gasteiger partial charge in [0, 0.05) is 137 Å². The molecule has 7 N–H and O–H groups in total. The predicted molar refractivity (Wildman–Crippen MR) is 208 cm³/mol. The van der Waals surface area contributed by atoms with E-state index in [-0.39, 0.29) is 169 Å². The SMILES string of the molecule is CC(=O)NC1C(OCCCCCO[PH](=O)OCC(CO[PH](=O)OCCCCCOC2CC(CO)C(O)C(O)C2C)O[PH](=O)OCCOC(C)C)OC(CO)C(O)C1O.[Y].[Y].[Y]. The van der Waals surface area contributed by atoms with E-state index >= 15 is 0 Å². The normalized spacial score (nSPS) is 28.4. The molecule has 3 radical (unpaired) electrons. The van der Waals surface area contributed by atoms with E-state index in [9.17, 15) is 49.1 Å². The van der Waals surface area contributed by atoms with Crippen LogP contribution in [0.5, 0.6) is 0 Å². The van der Waals surface area contributed by atoms with Crippen LogP contribution in [0.1, 0.15) is 72.6 Å².